The van der Waals surface area contributed by atoms with Crippen molar-refractivity contribution in [2.45, 2.75) is 13.8 Å². The lowest BCUT2D eigenvalue weighted by Gasteiger charge is -2.12. The first-order valence-electron chi connectivity index (χ1n) is 7.47. The molecule has 0 fully saturated rings. The number of carbonyl (C=O) groups is 2. The molecule has 2 aromatic rings. The number of hydrogen-bond donors (Lipinski definition) is 1. The Morgan fingerprint density at radius 2 is 1.71 bits per heavy atom. The van der Waals surface area contributed by atoms with Crippen LogP contribution in [0, 0.1) is 0 Å². The van der Waals surface area contributed by atoms with Crippen molar-refractivity contribution in [1.82, 2.24) is 0 Å². The largest absolute Gasteiger partial charge is 0.508 e. The number of benzene rings is 2. The SMILES string of the molecule is CC(=O)c1ccc(N2N=C(C)/C(=C/c3ccc(O)cc3)C2=O)cc1. The Kier molecular flexibility index (Phi) is 4.00. The molecule has 1 heterocycles. The lowest BCUT2D eigenvalue weighted by atomic mass is 10.1. The Morgan fingerprint density at radius 1 is 1.08 bits per heavy atom. The minimum Gasteiger partial charge on any atom is -0.508 e. The van der Waals surface area contributed by atoms with Crippen molar-refractivity contribution in [3.05, 3.63) is 65.2 Å². The molecule has 0 aliphatic carbocycles. The Morgan fingerprint density at radius 3 is 2.29 bits per heavy atom. The van der Waals surface area contributed by atoms with Gasteiger partial charge in [-0.15, -0.1) is 0 Å². The Balaban J connectivity index is 1.90. The van der Waals surface area contributed by atoms with Gasteiger partial charge in [0, 0.05) is 5.56 Å². The standard InChI is InChI=1S/C19H16N2O3/c1-12-18(11-14-3-9-17(23)10-4-14)19(24)21(20-12)16-7-5-15(6-8-16)13(2)22/h3-11,23H,1-2H3/b18-11-. The number of phenolic OH excluding ortho intramolecular Hbond substituents is 1. The van der Waals surface area contributed by atoms with E-state index in [-0.39, 0.29) is 17.4 Å². The maximum atomic E-state index is 12.6. The summed E-state index contributed by atoms with van der Waals surface area (Å²) in [5.41, 5.74) is 3.11. The third kappa shape index (κ3) is 2.96. The van der Waals surface area contributed by atoms with Crippen LogP contribution in [-0.4, -0.2) is 22.5 Å². The zero-order chi connectivity index (χ0) is 17.3. The number of carbonyl (C=O) groups excluding carboxylic acids is 2. The average Bonchev–Trinajstić information content (AvgIpc) is 2.85. The molecule has 0 aromatic heterocycles. The van der Waals surface area contributed by atoms with Gasteiger partial charge in [0.25, 0.3) is 5.91 Å². The van der Waals surface area contributed by atoms with Gasteiger partial charge in [-0.3, -0.25) is 9.59 Å². The van der Waals surface area contributed by atoms with Crippen LogP contribution in [0.5, 0.6) is 5.75 Å². The van der Waals surface area contributed by atoms with Gasteiger partial charge in [-0.25, -0.2) is 0 Å². The van der Waals surface area contributed by atoms with Gasteiger partial charge in [0.2, 0.25) is 0 Å². The first kappa shape index (κ1) is 15.7. The minimum absolute atomic E-state index is 0.0260. The van der Waals surface area contributed by atoms with Gasteiger partial charge in [-0.05, 0) is 61.9 Å². The molecule has 0 bridgehead atoms. The highest BCUT2D eigenvalue weighted by molar-refractivity contribution is 6.32. The Labute approximate surface area is 139 Å². The van der Waals surface area contributed by atoms with Crippen molar-refractivity contribution in [2.75, 3.05) is 5.01 Å². The second-order valence-corrected chi connectivity index (χ2v) is 5.55. The highest BCUT2D eigenvalue weighted by Gasteiger charge is 2.28. The normalized spacial score (nSPS) is 15.8. The molecule has 5 nitrogen and oxygen atoms in total. The van der Waals surface area contributed by atoms with Gasteiger partial charge in [0.1, 0.15) is 5.75 Å². The van der Waals surface area contributed by atoms with Crippen LogP contribution in [0.15, 0.2) is 59.2 Å². The number of hydrazone groups is 1. The van der Waals surface area contributed by atoms with Gasteiger partial charge in [0.15, 0.2) is 5.78 Å². The van der Waals surface area contributed by atoms with Crippen molar-refractivity contribution in [2.24, 2.45) is 5.10 Å². The molecule has 2 aromatic carbocycles. The Hall–Kier alpha value is -3.21. The molecule has 1 aliphatic rings. The number of ketones is 1. The second-order valence-electron chi connectivity index (χ2n) is 5.55. The van der Waals surface area contributed by atoms with Crippen LogP contribution >= 0.6 is 0 Å². The molecule has 5 heteroatoms. The van der Waals surface area contributed by atoms with Gasteiger partial charge < -0.3 is 5.11 Å². The summed E-state index contributed by atoms with van der Waals surface area (Å²) < 4.78 is 0. The summed E-state index contributed by atoms with van der Waals surface area (Å²) in [6.07, 6.45) is 1.74. The quantitative estimate of drug-likeness (QED) is 0.696. The smallest absolute Gasteiger partial charge is 0.280 e. The molecule has 120 valence electrons. The first-order valence-corrected chi connectivity index (χ1v) is 7.47. The highest BCUT2D eigenvalue weighted by atomic mass is 16.3. The number of Topliss-reactive ketones (excluding diaryl/α,β-unsaturated/α-hetero) is 1. The molecule has 0 radical (unpaired) electrons. The monoisotopic (exact) mass is 320 g/mol. The van der Waals surface area contributed by atoms with Crippen molar-refractivity contribution in [3.8, 4) is 5.75 Å². The number of amides is 1. The van der Waals surface area contributed by atoms with Crippen LogP contribution in [0.25, 0.3) is 6.08 Å². The Bertz CT molecular complexity index is 862. The predicted octanol–water partition coefficient (Wildman–Crippen LogP) is 3.40. The van der Waals surface area contributed by atoms with Crippen LogP contribution in [0.3, 0.4) is 0 Å². The fourth-order valence-electron chi connectivity index (χ4n) is 2.43. The van der Waals surface area contributed by atoms with Crippen LogP contribution in [0.1, 0.15) is 29.8 Å². The van der Waals surface area contributed by atoms with Crippen molar-refractivity contribution in [1.29, 1.82) is 0 Å². The van der Waals surface area contributed by atoms with Crippen LogP contribution in [0.2, 0.25) is 0 Å². The second kappa shape index (κ2) is 6.12. The molecular weight excluding hydrogens is 304 g/mol. The van der Waals surface area contributed by atoms with E-state index in [1.807, 2.05) is 0 Å². The summed E-state index contributed by atoms with van der Waals surface area (Å²) in [6.45, 7) is 3.27. The lowest BCUT2D eigenvalue weighted by molar-refractivity contribution is -0.114. The topological polar surface area (TPSA) is 70.0 Å². The summed E-state index contributed by atoms with van der Waals surface area (Å²) in [4.78, 5) is 24.0. The van der Waals surface area contributed by atoms with E-state index in [0.29, 0.717) is 22.5 Å². The zero-order valence-electron chi connectivity index (χ0n) is 13.4. The zero-order valence-corrected chi connectivity index (χ0v) is 13.4. The molecule has 0 saturated carbocycles. The number of rotatable bonds is 3. The molecule has 0 unspecified atom stereocenters. The maximum absolute atomic E-state index is 12.6. The fraction of sp³-hybridized carbons (Fsp3) is 0.105. The fourth-order valence-corrected chi connectivity index (χ4v) is 2.43. The molecule has 0 atom stereocenters. The van der Waals surface area contributed by atoms with Crippen LogP contribution in [-0.2, 0) is 4.79 Å². The molecule has 0 saturated heterocycles. The summed E-state index contributed by atoms with van der Waals surface area (Å²) in [7, 11) is 0. The van der Waals surface area contributed by atoms with E-state index in [9.17, 15) is 14.7 Å². The van der Waals surface area contributed by atoms with Gasteiger partial charge >= 0.3 is 0 Å². The van der Waals surface area contributed by atoms with Gasteiger partial charge in [-0.2, -0.15) is 10.1 Å². The number of hydrogen-bond acceptors (Lipinski definition) is 4. The average molecular weight is 320 g/mol. The molecule has 1 aliphatic heterocycles. The number of anilines is 1. The van der Waals surface area contributed by atoms with Gasteiger partial charge in [0.05, 0.1) is 17.0 Å². The van der Waals surface area contributed by atoms with Crippen molar-refractivity contribution >= 4 is 29.2 Å². The number of aromatic hydroxyl groups is 1. The maximum Gasteiger partial charge on any atom is 0.280 e. The molecule has 0 spiro atoms. The van der Waals surface area contributed by atoms with Crippen LogP contribution in [0.4, 0.5) is 5.69 Å². The first-order chi connectivity index (χ1) is 11.5. The molecule has 3 rings (SSSR count). The summed E-state index contributed by atoms with van der Waals surface area (Å²) in [6, 6.07) is 13.4. The third-order valence-electron chi connectivity index (χ3n) is 3.79. The number of nitrogens with zero attached hydrogens (tertiary/aromatic N) is 2. The van der Waals surface area contributed by atoms with E-state index in [1.165, 1.54) is 11.9 Å². The van der Waals surface area contributed by atoms with Crippen molar-refractivity contribution < 1.29 is 14.7 Å². The lowest BCUT2D eigenvalue weighted by Crippen LogP contribution is -2.21. The third-order valence-corrected chi connectivity index (χ3v) is 3.79. The molecule has 24 heavy (non-hydrogen) atoms. The molecular formula is C19H16N2O3. The van der Waals surface area contributed by atoms with Crippen molar-refractivity contribution in [3.63, 3.8) is 0 Å². The summed E-state index contributed by atoms with van der Waals surface area (Å²) >= 11 is 0. The van der Waals surface area contributed by atoms with E-state index in [1.54, 1.807) is 61.5 Å². The molecule has 1 amide bonds. The summed E-state index contributed by atoms with van der Waals surface area (Å²) in [5.74, 6) is -0.0782. The minimum atomic E-state index is -0.226. The number of phenols is 1. The van der Waals surface area contributed by atoms with E-state index in [2.05, 4.69) is 5.10 Å². The highest BCUT2D eigenvalue weighted by Crippen LogP contribution is 2.25. The van der Waals surface area contributed by atoms with E-state index < -0.39 is 0 Å². The molecule has 1 N–H and O–H groups in total. The van der Waals surface area contributed by atoms with E-state index in [0.717, 1.165) is 5.56 Å². The van der Waals surface area contributed by atoms with E-state index >= 15 is 0 Å². The predicted molar refractivity (Wildman–Crippen MR) is 93.1 cm³/mol. The van der Waals surface area contributed by atoms with Crippen LogP contribution < -0.4 is 5.01 Å². The summed E-state index contributed by atoms with van der Waals surface area (Å²) in [5, 5.41) is 15.0. The van der Waals surface area contributed by atoms with E-state index in [4.69, 9.17) is 0 Å². The van der Waals surface area contributed by atoms with Gasteiger partial charge in [-0.1, -0.05) is 12.1 Å².